The number of nitrogens with zero attached hydrogens (tertiary/aromatic N) is 3. The lowest BCUT2D eigenvalue weighted by Crippen LogP contribution is -2.58. The van der Waals surface area contributed by atoms with Gasteiger partial charge in [-0.25, -0.2) is 0 Å². The molecule has 19 heavy (non-hydrogen) atoms. The van der Waals surface area contributed by atoms with Crippen LogP contribution < -0.4 is 0 Å². The number of piperidine rings is 1. The predicted octanol–water partition coefficient (Wildman–Crippen LogP) is 2.53. The molecule has 0 saturated carbocycles. The van der Waals surface area contributed by atoms with Crippen molar-refractivity contribution in [2.45, 2.75) is 51.2 Å². The van der Waals surface area contributed by atoms with Gasteiger partial charge in [0.25, 0.3) is 0 Å². The molecule has 2 aliphatic rings. The first kappa shape index (κ1) is 13.1. The highest BCUT2D eigenvalue weighted by molar-refractivity contribution is 5.10. The largest absolute Gasteiger partial charge is 0.298 e. The molecule has 0 aromatic carbocycles. The van der Waals surface area contributed by atoms with Crippen LogP contribution in [0.25, 0.3) is 0 Å². The molecule has 3 rings (SSSR count). The van der Waals surface area contributed by atoms with Crippen LogP contribution in [-0.2, 0) is 6.54 Å². The highest BCUT2D eigenvalue weighted by atomic mass is 15.3. The third kappa shape index (κ3) is 2.98. The molecule has 3 heteroatoms. The van der Waals surface area contributed by atoms with E-state index in [4.69, 9.17) is 0 Å². The van der Waals surface area contributed by atoms with Crippen molar-refractivity contribution in [3.8, 4) is 0 Å². The summed E-state index contributed by atoms with van der Waals surface area (Å²) >= 11 is 0. The zero-order valence-electron chi connectivity index (χ0n) is 12.0. The van der Waals surface area contributed by atoms with Crippen molar-refractivity contribution in [1.29, 1.82) is 0 Å². The van der Waals surface area contributed by atoms with Crippen molar-refractivity contribution in [2.75, 3.05) is 19.6 Å². The van der Waals surface area contributed by atoms with E-state index in [0.29, 0.717) is 0 Å². The molecule has 1 aromatic heterocycles. The lowest BCUT2D eigenvalue weighted by Gasteiger charge is -2.48. The Hall–Kier alpha value is -0.930. The third-order valence-corrected chi connectivity index (χ3v) is 4.76. The SMILES string of the molecule is CCC1CN2CCCCC2CN1Cc1ccncc1. The van der Waals surface area contributed by atoms with E-state index in [1.54, 1.807) is 0 Å². The maximum atomic E-state index is 4.12. The fourth-order valence-electron chi connectivity index (χ4n) is 3.62. The summed E-state index contributed by atoms with van der Waals surface area (Å²) < 4.78 is 0. The van der Waals surface area contributed by atoms with Gasteiger partial charge in [-0.15, -0.1) is 0 Å². The highest BCUT2D eigenvalue weighted by Crippen LogP contribution is 2.26. The molecular formula is C16H25N3. The van der Waals surface area contributed by atoms with Crippen molar-refractivity contribution in [3.05, 3.63) is 30.1 Å². The molecule has 3 heterocycles. The Morgan fingerprint density at radius 1 is 1.21 bits per heavy atom. The minimum atomic E-state index is 0.725. The molecule has 104 valence electrons. The molecule has 2 atom stereocenters. The minimum Gasteiger partial charge on any atom is -0.298 e. The van der Waals surface area contributed by atoms with Gasteiger partial charge >= 0.3 is 0 Å². The summed E-state index contributed by atoms with van der Waals surface area (Å²) in [4.78, 5) is 9.55. The average Bonchev–Trinajstić information content (AvgIpc) is 2.47. The Morgan fingerprint density at radius 2 is 2.05 bits per heavy atom. The second-order valence-corrected chi connectivity index (χ2v) is 5.99. The predicted molar refractivity (Wildman–Crippen MR) is 77.9 cm³/mol. The molecule has 1 aromatic rings. The third-order valence-electron chi connectivity index (χ3n) is 4.76. The van der Waals surface area contributed by atoms with Crippen LogP contribution in [0.5, 0.6) is 0 Å². The first-order chi connectivity index (χ1) is 9.36. The number of pyridine rings is 1. The van der Waals surface area contributed by atoms with Crippen molar-refractivity contribution in [1.82, 2.24) is 14.8 Å². The highest BCUT2D eigenvalue weighted by Gasteiger charge is 2.33. The number of rotatable bonds is 3. The summed E-state index contributed by atoms with van der Waals surface area (Å²) in [7, 11) is 0. The summed E-state index contributed by atoms with van der Waals surface area (Å²) in [5, 5.41) is 0. The van der Waals surface area contributed by atoms with Crippen LogP contribution in [0.15, 0.2) is 24.5 Å². The Kier molecular flexibility index (Phi) is 4.14. The zero-order valence-corrected chi connectivity index (χ0v) is 12.0. The number of hydrogen-bond donors (Lipinski definition) is 0. The summed E-state index contributed by atoms with van der Waals surface area (Å²) in [5.74, 6) is 0. The van der Waals surface area contributed by atoms with Crippen molar-refractivity contribution in [2.24, 2.45) is 0 Å². The second kappa shape index (κ2) is 6.02. The van der Waals surface area contributed by atoms with E-state index in [2.05, 4.69) is 33.8 Å². The second-order valence-electron chi connectivity index (χ2n) is 5.99. The minimum absolute atomic E-state index is 0.725. The van der Waals surface area contributed by atoms with E-state index in [1.807, 2.05) is 12.4 Å². The molecule has 2 aliphatic heterocycles. The van der Waals surface area contributed by atoms with Crippen LogP contribution >= 0.6 is 0 Å². The molecule has 0 aliphatic carbocycles. The quantitative estimate of drug-likeness (QED) is 0.831. The smallest absolute Gasteiger partial charge is 0.0271 e. The van der Waals surface area contributed by atoms with Gasteiger partial charge in [-0.05, 0) is 43.5 Å². The van der Waals surface area contributed by atoms with Crippen LogP contribution in [0, 0.1) is 0 Å². The summed E-state index contributed by atoms with van der Waals surface area (Å²) in [6, 6.07) is 5.83. The molecule has 0 bridgehead atoms. The maximum Gasteiger partial charge on any atom is 0.0271 e. The van der Waals surface area contributed by atoms with Crippen molar-refractivity contribution in [3.63, 3.8) is 0 Å². The van der Waals surface area contributed by atoms with Crippen LogP contribution in [0.4, 0.5) is 0 Å². The van der Waals surface area contributed by atoms with E-state index < -0.39 is 0 Å². The van der Waals surface area contributed by atoms with Gasteiger partial charge in [0.15, 0.2) is 0 Å². The number of fused-ring (bicyclic) bond motifs is 1. The van der Waals surface area contributed by atoms with Gasteiger partial charge in [-0.3, -0.25) is 14.8 Å². The first-order valence-corrected chi connectivity index (χ1v) is 7.74. The lowest BCUT2D eigenvalue weighted by atomic mass is 9.95. The number of hydrogen-bond acceptors (Lipinski definition) is 3. The first-order valence-electron chi connectivity index (χ1n) is 7.74. The van der Waals surface area contributed by atoms with Gasteiger partial charge in [0.05, 0.1) is 0 Å². The van der Waals surface area contributed by atoms with Gasteiger partial charge in [0.2, 0.25) is 0 Å². The lowest BCUT2D eigenvalue weighted by molar-refractivity contribution is 0.00326. The van der Waals surface area contributed by atoms with E-state index in [9.17, 15) is 0 Å². The van der Waals surface area contributed by atoms with E-state index in [-0.39, 0.29) is 0 Å². The molecule has 2 saturated heterocycles. The van der Waals surface area contributed by atoms with E-state index >= 15 is 0 Å². The maximum absolute atomic E-state index is 4.12. The van der Waals surface area contributed by atoms with Crippen LogP contribution in [0.3, 0.4) is 0 Å². The molecule has 2 unspecified atom stereocenters. The summed E-state index contributed by atoms with van der Waals surface area (Å²) in [6.45, 7) is 7.26. The molecule has 0 amide bonds. The number of aromatic nitrogens is 1. The fraction of sp³-hybridized carbons (Fsp3) is 0.688. The molecule has 0 radical (unpaired) electrons. The monoisotopic (exact) mass is 259 g/mol. The Morgan fingerprint density at radius 3 is 2.84 bits per heavy atom. The van der Waals surface area contributed by atoms with Crippen LogP contribution in [-0.4, -0.2) is 46.5 Å². The standard InChI is InChI=1S/C16H25N3/c1-2-15-12-18-10-4-3-5-16(18)13-19(15)11-14-6-8-17-9-7-14/h6-9,15-16H,2-5,10-13H2,1H3. The Balaban J connectivity index is 1.68. The summed E-state index contributed by atoms with van der Waals surface area (Å²) in [5.41, 5.74) is 1.40. The number of piperazine rings is 1. The van der Waals surface area contributed by atoms with Crippen molar-refractivity contribution >= 4 is 0 Å². The van der Waals surface area contributed by atoms with Crippen molar-refractivity contribution < 1.29 is 0 Å². The Labute approximate surface area is 116 Å². The molecule has 3 nitrogen and oxygen atoms in total. The van der Waals surface area contributed by atoms with Gasteiger partial charge in [0, 0.05) is 44.1 Å². The van der Waals surface area contributed by atoms with E-state index in [1.165, 1.54) is 50.9 Å². The topological polar surface area (TPSA) is 19.4 Å². The summed E-state index contributed by atoms with van der Waals surface area (Å²) in [6.07, 6.45) is 9.29. The van der Waals surface area contributed by atoms with Gasteiger partial charge in [-0.1, -0.05) is 13.3 Å². The molecule has 2 fully saturated rings. The normalized spacial score (nSPS) is 29.1. The Bertz CT molecular complexity index is 392. The van der Waals surface area contributed by atoms with Gasteiger partial charge in [-0.2, -0.15) is 0 Å². The van der Waals surface area contributed by atoms with E-state index in [0.717, 1.165) is 18.6 Å². The van der Waals surface area contributed by atoms with Gasteiger partial charge < -0.3 is 0 Å². The average molecular weight is 259 g/mol. The van der Waals surface area contributed by atoms with Crippen LogP contribution in [0.1, 0.15) is 38.2 Å². The fourth-order valence-corrected chi connectivity index (χ4v) is 3.62. The van der Waals surface area contributed by atoms with Crippen LogP contribution in [0.2, 0.25) is 0 Å². The van der Waals surface area contributed by atoms with Gasteiger partial charge in [0.1, 0.15) is 0 Å². The molecule has 0 spiro atoms. The molecular weight excluding hydrogens is 234 g/mol. The molecule has 0 N–H and O–H groups in total. The zero-order chi connectivity index (χ0) is 13.1.